The smallest absolute Gasteiger partial charge is 0.252 e. The van der Waals surface area contributed by atoms with E-state index in [4.69, 9.17) is 10.5 Å². The molecule has 3 N–H and O–H groups in total. The van der Waals surface area contributed by atoms with E-state index in [1.807, 2.05) is 18.2 Å². The fourth-order valence-corrected chi connectivity index (χ4v) is 4.04. The van der Waals surface area contributed by atoms with Gasteiger partial charge in [-0.2, -0.15) is 0 Å². The standard InChI is InChI=1S/C23H27NO4/c1-22(2)10-11-23(3,4)17-12-13(6-9-16(17)22)18(25)14-7-8-15(21(24)27)19(26)20(14)28-5/h6-9,12,26H,10-11H2,1-5H3,(H2,24,27). The molecule has 0 radical (unpaired) electrons. The van der Waals surface area contributed by atoms with Crippen molar-refractivity contribution in [2.75, 3.05) is 7.11 Å². The molecule has 0 bridgehead atoms. The maximum absolute atomic E-state index is 13.2. The zero-order chi connectivity index (χ0) is 20.9. The highest BCUT2D eigenvalue weighted by Crippen LogP contribution is 2.46. The number of phenols is 1. The molecule has 0 atom stereocenters. The summed E-state index contributed by atoms with van der Waals surface area (Å²) in [4.78, 5) is 24.7. The van der Waals surface area contributed by atoms with Crippen molar-refractivity contribution in [2.45, 2.75) is 51.4 Å². The van der Waals surface area contributed by atoms with Gasteiger partial charge in [0.25, 0.3) is 5.91 Å². The number of rotatable bonds is 4. The zero-order valence-corrected chi connectivity index (χ0v) is 17.1. The summed E-state index contributed by atoms with van der Waals surface area (Å²) in [6.45, 7) is 8.85. The van der Waals surface area contributed by atoms with Crippen molar-refractivity contribution in [1.82, 2.24) is 0 Å². The highest BCUT2D eigenvalue weighted by atomic mass is 16.5. The second kappa shape index (κ2) is 6.66. The number of hydrogen-bond acceptors (Lipinski definition) is 4. The van der Waals surface area contributed by atoms with E-state index in [0.717, 1.165) is 12.8 Å². The van der Waals surface area contributed by atoms with Crippen molar-refractivity contribution in [3.05, 3.63) is 58.1 Å². The van der Waals surface area contributed by atoms with Crippen LogP contribution >= 0.6 is 0 Å². The highest BCUT2D eigenvalue weighted by molar-refractivity contribution is 6.12. The first-order valence-corrected chi connectivity index (χ1v) is 9.39. The van der Waals surface area contributed by atoms with E-state index >= 15 is 0 Å². The Labute approximate surface area is 165 Å². The predicted molar refractivity (Wildman–Crippen MR) is 108 cm³/mol. The van der Waals surface area contributed by atoms with E-state index in [2.05, 4.69) is 27.7 Å². The fourth-order valence-electron chi connectivity index (χ4n) is 4.04. The Kier molecular flexibility index (Phi) is 4.74. The summed E-state index contributed by atoms with van der Waals surface area (Å²) < 4.78 is 5.22. The van der Waals surface area contributed by atoms with Crippen LogP contribution in [-0.2, 0) is 10.8 Å². The van der Waals surface area contributed by atoms with Gasteiger partial charge in [-0.3, -0.25) is 9.59 Å². The molecule has 148 valence electrons. The first-order chi connectivity index (χ1) is 13.0. The number of ketones is 1. The topological polar surface area (TPSA) is 89.6 Å². The largest absolute Gasteiger partial charge is 0.504 e. The molecule has 2 aromatic carbocycles. The lowest BCUT2D eigenvalue weighted by molar-refractivity contribution is 0.0992. The van der Waals surface area contributed by atoms with Crippen molar-refractivity contribution in [3.8, 4) is 11.5 Å². The molecule has 0 fully saturated rings. The van der Waals surface area contributed by atoms with Gasteiger partial charge < -0.3 is 15.6 Å². The molecule has 1 amide bonds. The summed E-state index contributed by atoms with van der Waals surface area (Å²) in [5.41, 5.74) is 8.37. The molecular weight excluding hydrogens is 354 g/mol. The number of carbonyl (C=O) groups is 2. The third kappa shape index (κ3) is 3.15. The number of nitrogens with two attached hydrogens (primary N) is 1. The van der Waals surface area contributed by atoms with Gasteiger partial charge in [0.2, 0.25) is 0 Å². The van der Waals surface area contributed by atoms with Gasteiger partial charge in [-0.15, -0.1) is 0 Å². The number of aromatic hydroxyl groups is 1. The van der Waals surface area contributed by atoms with E-state index in [1.54, 1.807) is 0 Å². The van der Waals surface area contributed by atoms with Crippen LogP contribution in [0.2, 0.25) is 0 Å². The van der Waals surface area contributed by atoms with Crippen LogP contribution in [-0.4, -0.2) is 23.9 Å². The molecule has 0 aliphatic heterocycles. The molecule has 5 heteroatoms. The normalized spacial score (nSPS) is 16.9. The molecule has 0 unspecified atom stereocenters. The maximum Gasteiger partial charge on any atom is 0.252 e. The van der Waals surface area contributed by atoms with Crippen LogP contribution in [0.25, 0.3) is 0 Å². The first kappa shape index (κ1) is 19.9. The van der Waals surface area contributed by atoms with Gasteiger partial charge in [0.1, 0.15) is 0 Å². The van der Waals surface area contributed by atoms with Gasteiger partial charge >= 0.3 is 0 Å². The van der Waals surface area contributed by atoms with Crippen molar-refractivity contribution < 1.29 is 19.4 Å². The SMILES string of the molecule is COc1c(C(=O)c2ccc3c(c2)C(C)(C)CCC3(C)C)ccc(C(N)=O)c1O. The molecule has 3 rings (SSSR count). The van der Waals surface area contributed by atoms with Gasteiger partial charge in [-0.1, -0.05) is 39.8 Å². The third-order valence-electron chi connectivity index (χ3n) is 5.96. The van der Waals surface area contributed by atoms with Crippen molar-refractivity contribution in [2.24, 2.45) is 5.73 Å². The molecule has 0 saturated carbocycles. The van der Waals surface area contributed by atoms with Crippen LogP contribution in [0.3, 0.4) is 0 Å². The number of methoxy groups -OCH3 is 1. The minimum absolute atomic E-state index is 0.0246. The number of fused-ring (bicyclic) bond motifs is 1. The molecule has 0 heterocycles. The van der Waals surface area contributed by atoms with Crippen LogP contribution in [0.1, 0.15) is 77.9 Å². The Bertz CT molecular complexity index is 973. The Morgan fingerprint density at radius 3 is 2.11 bits per heavy atom. The second-order valence-electron chi connectivity index (χ2n) is 8.76. The molecule has 5 nitrogen and oxygen atoms in total. The van der Waals surface area contributed by atoms with Crippen molar-refractivity contribution in [3.63, 3.8) is 0 Å². The average Bonchev–Trinajstić information content (AvgIpc) is 2.64. The van der Waals surface area contributed by atoms with Gasteiger partial charge in [0.15, 0.2) is 17.3 Å². The summed E-state index contributed by atoms with van der Waals surface area (Å²) >= 11 is 0. The van der Waals surface area contributed by atoms with Crippen LogP contribution in [0, 0.1) is 0 Å². The average molecular weight is 381 g/mol. The third-order valence-corrected chi connectivity index (χ3v) is 5.96. The van der Waals surface area contributed by atoms with Crippen molar-refractivity contribution in [1.29, 1.82) is 0 Å². The molecule has 0 aromatic heterocycles. The monoisotopic (exact) mass is 381 g/mol. The highest BCUT2D eigenvalue weighted by Gasteiger charge is 2.37. The Balaban J connectivity index is 2.12. The van der Waals surface area contributed by atoms with Gasteiger partial charge in [0.05, 0.1) is 18.2 Å². The van der Waals surface area contributed by atoms with E-state index in [9.17, 15) is 14.7 Å². The van der Waals surface area contributed by atoms with Crippen molar-refractivity contribution >= 4 is 11.7 Å². The summed E-state index contributed by atoms with van der Waals surface area (Å²) in [6.07, 6.45) is 2.14. The fraction of sp³-hybridized carbons (Fsp3) is 0.391. The molecule has 28 heavy (non-hydrogen) atoms. The molecular formula is C23H27NO4. The van der Waals surface area contributed by atoms with Gasteiger partial charge in [0, 0.05) is 5.56 Å². The maximum atomic E-state index is 13.2. The van der Waals surface area contributed by atoms with E-state index in [0.29, 0.717) is 5.56 Å². The van der Waals surface area contributed by atoms with E-state index < -0.39 is 11.7 Å². The number of carbonyl (C=O) groups excluding carboxylic acids is 2. The predicted octanol–water partition coefficient (Wildman–Crippen LogP) is 4.08. The number of amides is 1. The molecule has 0 saturated heterocycles. The quantitative estimate of drug-likeness (QED) is 0.781. The lowest BCUT2D eigenvalue weighted by Gasteiger charge is -2.42. The van der Waals surface area contributed by atoms with E-state index in [1.165, 1.54) is 30.4 Å². The minimum Gasteiger partial charge on any atom is -0.504 e. The Morgan fingerprint density at radius 1 is 0.964 bits per heavy atom. The van der Waals surface area contributed by atoms with Crippen LogP contribution in [0.15, 0.2) is 30.3 Å². The Hall–Kier alpha value is -2.82. The zero-order valence-electron chi connectivity index (χ0n) is 17.1. The minimum atomic E-state index is -0.785. The molecule has 2 aromatic rings. The van der Waals surface area contributed by atoms with Crippen LogP contribution in [0.4, 0.5) is 0 Å². The number of primary amides is 1. The summed E-state index contributed by atoms with van der Waals surface area (Å²) in [5, 5.41) is 10.3. The van der Waals surface area contributed by atoms with E-state index in [-0.39, 0.29) is 33.5 Å². The van der Waals surface area contributed by atoms with Crippen LogP contribution in [0.5, 0.6) is 11.5 Å². The number of hydrogen-bond donors (Lipinski definition) is 2. The lowest BCUT2D eigenvalue weighted by Crippen LogP contribution is -2.34. The second-order valence-corrected chi connectivity index (χ2v) is 8.76. The summed E-state index contributed by atoms with van der Waals surface area (Å²) in [5.74, 6) is -1.52. The summed E-state index contributed by atoms with van der Waals surface area (Å²) in [7, 11) is 1.34. The molecule has 1 aliphatic carbocycles. The lowest BCUT2D eigenvalue weighted by atomic mass is 9.63. The molecule has 0 spiro atoms. The Morgan fingerprint density at radius 2 is 1.54 bits per heavy atom. The first-order valence-electron chi connectivity index (χ1n) is 9.39. The summed E-state index contributed by atoms with van der Waals surface area (Å²) in [6, 6.07) is 8.63. The molecule has 1 aliphatic rings. The van der Waals surface area contributed by atoms with Gasteiger partial charge in [-0.25, -0.2) is 0 Å². The number of benzene rings is 2. The van der Waals surface area contributed by atoms with Crippen LogP contribution < -0.4 is 10.5 Å². The number of ether oxygens (including phenoxy) is 1. The van der Waals surface area contributed by atoms with Gasteiger partial charge in [-0.05, 0) is 53.0 Å².